The summed E-state index contributed by atoms with van der Waals surface area (Å²) < 4.78 is 39.8. The summed E-state index contributed by atoms with van der Waals surface area (Å²) in [6.07, 6.45) is 5.91. The lowest BCUT2D eigenvalue weighted by molar-refractivity contribution is -0.119. The molecule has 1 aromatic carbocycles. The van der Waals surface area contributed by atoms with Crippen molar-refractivity contribution in [3.63, 3.8) is 0 Å². The number of sulfonamides is 1. The highest BCUT2D eigenvalue weighted by molar-refractivity contribution is 7.89. The first-order valence-electron chi connectivity index (χ1n) is 9.48. The lowest BCUT2D eigenvalue weighted by atomic mass is 10.1. The molecule has 2 heterocycles. The number of anilines is 1. The Labute approximate surface area is 167 Å². The third-order valence-electron chi connectivity index (χ3n) is 5.30. The van der Waals surface area contributed by atoms with Crippen molar-refractivity contribution in [2.75, 3.05) is 18.4 Å². The van der Waals surface area contributed by atoms with E-state index in [9.17, 15) is 17.6 Å². The molecule has 1 atom stereocenters. The number of carbonyl (C=O) groups is 1. The molecule has 1 aromatic heterocycles. The summed E-state index contributed by atoms with van der Waals surface area (Å²) in [4.78, 5) is 18.5. The molecular formula is C19H22FN3O3S2. The van der Waals surface area contributed by atoms with E-state index in [-0.39, 0.29) is 23.9 Å². The largest absolute Gasteiger partial charge is 0.302 e. The van der Waals surface area contributed by atoms with Crippen LogP contribution in [-0.4, -0.2) is 36.7 Å². The summed E-state index contributed by atoms with van der Waals surface area (Å²) in [7, 11) is -3.73. The van der Waals surface area contributed by atoms with Gasteiger partial charge < -0.3 is 5.32 Å². The molecule has 1 saturated heterocycles. The van der Waals surface area contributed by atoms with Crippen LogP contribution in [0.25, 0.3) is 0 Å². The van der Waals surface area contributed by atoms with Gasteiger partial charge in [0.25, 0.3) is 0 Å². The first kappa shape index (κ1) is 19.5. The minimum absolute atomic E-state index is 0.0404. The predicted molar refractivity (Wildman–Crippen MR) is 105 cm³/mol. The molecule has 1 aliphatic carbocycles. The molecule has 1 aliphatic heterocycles. The van der Waals surface area contributed by atoms with E-state index >= 15 is 0 Å². The number of aryl methyl sites for hydroxylation is 2. The average Bonchev–Trinajstić information content (AvgIpc) is 3.25. The summed E-state index contributed by atoms with van der Waals surface area (Å²) in [5.74, 6) is -1.10. The van der Waals surface area contributed by atoms with E-state index in [1.807, 2.05) is 0 Å². The van der Waals surface area contributed by atoms with Gasteiger partial charge in [0.15, 0.2) is 5.13 Å². The molecule has 0 spiro atoms. The van der Waals surface area contributed by atoms with Crippen molar-refractivity contribution in [2.24, 2.45) is 5.92 Å². The van der Waals surface area contributed by atoms with Gasteiger partial charge in [-0.3, -0.25) is 4.79 Å². The van der Waals surface area contributed by atoms with Crippen LogP contribution in [0, 0.1) is 11.7 Å². The van der Waals surface area contributed by atoms with Gasteiger partial charge in [-0.15, -0.1) is 11.3 Å². The van der Waals surface area contributed by atoms with E-state index in [2.05, 4.69) is 10.3 Å². The highest BCUT2D eigenvalue weighted by Gasteiger charge is 2.36. The summed E-state index contributed by atoms with van der Waals surface area (Å²) in [6, 6.07) is 4.75. The normalized spacial score (nSPS) is 20.5. The number of carbonyl (C=O) groups excluding carboxylic acids is 1. The molecule has 4 rings (SSSR count). The molecule has 0 bridgehead atoms. The second kappa shape index (κ2) is 7.88. The maximum absolute atomic E-state index is 13.1. The first-order chi connectivity index (χ1) is 13.4. The van der Waals surface area contributed by atoms with Crippen LogP contribution in [0.1, 0.15) is 36.3 Å². The highest BCUT2D eigenvalue weighted by atomic mass is 32.2. The third-order valence-corrected chi connectivity index (χ3v) is 8.25. The molecule has 2 aliphatic rings. The van der Waals surface area contributed by atoms with Crippen LogP contribution >= 0.6 is 11.3 Å². The van der Waals surface area contributed by atoms with E-state index in [0.717, 1.165) is 43.5 Å². The Morgan fingerprint density at radius 3 is 2.71 bits per heavy atom. The van der Waals surface area contributed by atoms with Gasteiger partial charge in [-0.2, -0.15) is 4.31 Å². The Balaban J connectivity index is 1.41. The van der Waals surface area contributed by atoms with Crippen molar-refractivity contribution >= 4 is 32.4 Å². The second-order valence-corrected chi connectivity index (χ2v) is 10.3. The van der Waals surface area contributed by atoms with Crippen molar-refractivity contribution in [2.45, 2.75) is 43.4 Å². The summed E-state index contributed by atoms with van der Waals surface area (Å²) in [5, 5.41) is 3.49. The van der Waals surface area contributed by atoms with Gasteiger partial charge in [-0.25, -0.2) is 17.8 Å². The van der Waals surface area contributed by atoms with Crippen LogP contribution in [0.3, 0.4) is 0 Å². The number of nitrogens with zero attached hydrogens (tertiary/aromatic N) is 2. The number of aromatic nitrogens is 1. The van der Waals surface area contributed by atoms with E-state index in [1.54, 1.807) is 0 Å². The fourth-order valence-electron chi connectivity index (χ4n) is 3.71. The van der Waals surface area contributed by atoms with Gasteiger partial charge >= 0.3 is 0 Å². The molecule has 28 heavy (non-hydrogen) atoms. The number of fused-ring (bicyclic) bond motifs is 1. The van der Waals surface area contributed by atoms with Crippen molar-refractivity contribution in [3.05, 3.63) is 40.7 Å². The van der Waals surface area contributed by atoms with Crippen molar-refractivity contribution < 1.29 is 17.6 Å². The fraction of sp³-hybridized carbons (Fsp3) is 0.474. The van der Waals surface area contributed by atoms with Crippen LogP contribution in [0.2, 0.25) is 0 Å². The first-order valence-corrected chi connectivity index (χ1v) is 11.7. The van der Waals surface area contributed by atoms with E-state index in [0.29, 0.717) is 11.6 Å². The average molecular weight is 424 g/mol. The Kier molecular flexibility index (Phi) is 5.48. The van der Waals surface area contributed by atoms with Crippen LogP contribution in [0.15, 0.2) is 29.2 Å². The molecule has 2 aromatic rings. The molecule has 0 radical (unpaired) electrons. The van der Waals surface area contributed by atoms with Gasteiger partial charge in [0.05, 0.1) is 16.5 Å². The van der Waals surface area contributed by atoms with Gasteiger partial charge in [-0.1, -0.05) is 6.42 Å². The third kappa shape index (κ3) is 3.97. The number of benzene rings is 1. The molecule has 0 saturated carbocycles. The van der Waals surface area contributed by atoms with E-state index in [1.165, 1.54) is 39.1 Å². The molecule has 9 heteroatoms. The molecule has 150 valence electrons. The van der Waals surface area contributed by atoms with Crippen LogP contribution in [0.4, 0.5) is 9.52 Å². The lowest BCUT2D eigenvalue weighted by Crippen LogP contribution is -2.31. The maximum Gasteiger partial charge on any atom is 0.243 e. The lowest BCUT2D eigenvalue weighted by Gasteiger charge is -2.16. The number of halogens is 1. The predicted octanol–water partition coefficient (Wildman–Crippen LogP) is 3.20. The molecule has 1 amide bonds. The van der Waals surface area contributed by atoms with E-state index < -0.39 is 21.8 Å². The minimum Gasteiger partial charge on any atom is -0.302 e. The van der Waals surface area contributed by atoms with Gasteiger partial charge in [0, 0.05) is 18.0 Å². The van der Waals surface area contributed by atoms with Crippen LogP contribution in [0.5, 0.6) is 0 Å². The molecule has 1 N–H and O–H groups in total. The maximum atomic E-state index is 13.1. The zero-order chi connectivity index (χ0) is 19.7. The second-order valence-electron chi connectivity index (χ2n) is 7.24. The number of amides is 1. The molecule has 0 unspecified atom stereocenters. The number of nitrogens with one attached hydrogen (secondary N) is 1. The van der Waals surface area contributed by atoms with Gasteiger partial charge in [-0.05, 0) is 56.4 Å². The Morgan fingerprint density at radius 2 is 1.93 bits per heavy atom. The summed E-state index contributed by atoms with van der Waals surface area (Å²) >= 11 is 1.53. The topological polar surface area (TPSA) is 79.4 Å². The van der Waals surface area contributed by atoms with Gasteiger partial charge in [0.1, 0.15) is 5.82 Å². The van der Waals surface area contributed by atoms with Crippen molar-refractivity contribution in [1.29, 1.82) is 0 Å². The zero-order valence-corrected chi connectivity index (χ0v) is 17.0. The molecule has 6 nitrogen and oxygen atoms in total. The van der Waals surface area contributed by atoms with Crippen LogP contribution < -0.4 is 5.32 Å². The van der Waals surface area contributed by atoms with Crippen LogP contribution in [-0.2, 0) is 27.7 Å². The Morgan fingerprint density at radius 1 is 1.18 bits per heavy atom. The molecular weight excluding hydrogens is 401 g/mol. The number of hydrogen-bond donors (Lipinski definition) is 1. The summed E-state index contributed by atoms with van der Waals surface area (Å²) in [5.41, 5.74) is 1.09. The van der Waals surface area contributed by atoms with Crippen molar-refractivity contribution in [1.82, 2.24) is 9.29 Å². The number of thiazole rings is 1. The Hall–Kier alpha value is -1.84. The zero-order valence-electron chi connectivity index (χ0n) is 15.4. The number of rotatable bonds is 4. The van der Waals surface area contributed by atoms with E-state index in [4.69, 9.17) is 0 Å². The Bertz CT molecular complexity index is 949. The SMILES string of the molecule is O=C(Nc1nc2c(s1)CCCCC2)[C@@H]1CCN(S(=O)(=O)c2ccc(F)cc2)C1. The van der Waals surface area contributed by atoms with Gasteiger partial charge in [0.2, 0.25) is 15.9 Å². The smallest absolute Gasteiger partial charge is 0.243 e. The minimum atomic E-state index is -3.73. The fourth-order valence-corrected chi connectivity index (χ4v) is 6.26. The number of hydrogen-bond acceptors (Lipinski definition) is 5. The quantitative estimate of drug-likeness (QED) is 0.766. The molecule has 1 fully saturated rings. The van der Waals surface area contributed by atoms with Crippen molar-refractivity contribution in [3.8, 4) is 0 Å². The standard InChI is InChI=1S/C19H22FN3O3S2/c20-14-6-8-15(9-7-14)28(25,26)23-11-10-13(12-23)18(24)22-19-21-16-4-2-1-3-5-17(16)27-19/h6-9,13H,1-5,10-12H2,(H,21,22,24)/t13-/m1/s1. The summed E-state index contributed by atoms with van der Waals surface area (Å²) in [6.45, 7) is 0.392. The highest BCUT2D eigenvalue weighted by Crippen LogP contribution is 2.30. The monoisotopic (exact) mass is 423 g/mol.